The Morgan fingerprint density at radius 2 is 1.81 bits per heavy atom. The number of nitrogens with zero attached hydrogens (tertiary/aromatic N) is 1. The summed E-state index contributed by atoms with van der Waals surface area (Å²) in [5.74, 6) is 1.69. The van der Waals surface area contributed by atoms with Crippen LogP contribution in [0.2, 0.25) is 0 Å². The largest absolute Gasteiger partial charge is 0.494 e. The second kappa shape index (κ2) is 8.64. The highest BCUT2D eigenvalue weighted by Crippen LogP contribution is 2.19. The zero-order chi connectivity index (χ0) is 14.9. The molecule has 1 aromatic carbocycles. The van der Waals surface area contributed by atoms with E-state index >= 15 is 0 Å². The standard InChI is InChI=1S/C16H22N2O2S/c1-3-9-17-10-16-18-13(12-21-16)11-20-15-7-5-14(6-8-15)19-4-2/h5-8,12,17H,3-4,9-11H2,1-2H3. The van der Waals surface area contributed by atoms with Gasteiger partial charge < -0.3 is 14.8 Å². The normalized spacial score (nSPS) is 10.6. The summed E-state index contributed by atoms with van der Waals surface area (Å²) in [5, 5.41) is 6.51. The van der Waals surface area contributed by atoms with Crippen LogP contribution >= 0.6 is 11.3 Å². The number of ether oxygens (including phenoxy) is 2. The number of hydrogen-bond donors (Lipinski definition) is 1. The van der Waals surface area contributed by atoms with Crippen molar-refractivity contribution in [1.82, 2.24) is 10.3 Å². The van der Waals surface area contributed by atoms with E-state index in [-0.39, 0.29) is 0 Å². The summed E-state index contributed by atoms with van der Waals surface area (Å²) in [6.45, 7) is 7.16. The highest BCUT2D eigenvalue weighted by molar-refractivity contribution is 7.09. The highest BCUT2D eigenvalue weighted by Gasteiger charge is 2.03. The molecule has 1 aromatic heterocycles. The van der Waals surface area contributed by atoms with Crippen molar-refractivity contribution in [3.8, 4) is 11.5 Å². The lowest BCUT2D eigenvalue weighted by atomic mass is 10.3. The summed E-state index contributed by atoms with van der Waals surface area (Å²) in [6.07, 6.45) is 1.14. The van der Waals surface area contributed by atoms with Gasteiger partial charge in [0.1, 0.15) is 23.1 Å². The number of aromatic nitrogens is 1. The molecule has 5 heteroatoms. The van der Waals surface area contributed by atoms with Gasteiger partial charge in [0, 0.05) is 11.9 Å². The zero-order valence-corrected chi connectivity index (χ0v) is 13.4. The van der Waals surface area contributed by atoms with Gasteiger partial charge in [-0.2, -0.15) is 0 Å². The minimum absolute atomic E-state index is 0.498. The number of thiazole rings is 1. The van der Waals surface area contributed by atoms with Crippen LogP contribution in [0.3, 0.4) is 0 Å². The van der Waals surface area contributed by atoms with E-state index in [0.29, 0.717) is 13.2 Å². The van der Waals surface area contributed by atoms with Crippen molar-refractivity contribution in [3.05, 3.63) is 40.3 Å². The van der Waals surface area contributed by atoms with Gasteiger partial charge in [0.05, 0.1) is 12.3 Å². The molecule has 0 amide bonds. The van der Waals surface area contributed by atoms with Crippen LogP contribution in [0.4, 0.5) is 0 Å². The Balaban J connectivity index is 1.79. The number of rotatable bonds is 9. The van der Waals surface area contributed by atoms with Gasteiger partial charge in [0.15, 0.2) is 0 Å². The maximum Gasteiger partial charge on any atom is 0.131 e. The van der Waals surface area contributed by atoms with Crippen LogP contribution < -0.4 is 14.8 Å². The van der Waals surface area contributed by atoms with Crippen molar-refractivity contribution in [1.29, 1.82) is 0 Å². The average Bonchev–Trinajstić information content (AvgIpc) is 2.95. The first-order chi connectivity index (χ1) is 10.3. The lowest BCUT2D eigenvalue weighted by molar-refractivity contribution is 0.300. The van der Waals surface area contributed by atoms with E-state index in [1.54, 1.807) is 11.3 Å². The predicted molar refractivity (Wildman–Crippen MR) is 86.1 cm³/mol. The molecule has 114 valence electrons. The fraction of sp³-hybridized carbons (Fsp3) is 0.438. The van der Waals surface area contributed by atoms with Crippen LogP contribution in [0.15, 0.2) is 29.6 Å². The quantitative estimate of drug-likeness (QED) is 0.719. The SMILES string of the molecule is CCCNCc1nc(COc2ccc(OCC)cc2)cs1. The molecule has 4 nitrogen and oxygen atoms in total. The fourth-order valence-corrected chi connectivity index (χ4v) is 2.57. The van der Waals surface area contributed by atoms with Crippen molar-refractivity contribution in [3.63, 3.8) is 0 Å². The van der Waals surface area contributed by atoms with E-state index in [4.69, 9.17) is 9.47 Å². The first-order valence-corrected chi connectivity index (χ1v) is 8.19. The molecule has 0 fully saturated rings. The molecule has 0 spiro atoms. The fourth-order valence-electron chi connectivity index (χ4n) is 1.82. The van der Waals surface area contributed by atoms with Gasteiger partial charge in [-0.3, -0.25) is 0 Å². The summed E-state index contributed by atoms with van der Waals surface area (Å²) in [4.78, 5) is 4.55. The van der Waals surface area contributed by atoms with E-state index in [2.05, 4.69) is 22.6 Å². The molecular weight excluding hydrogens is 284 g/mol. The molecule has 0 aliphatic rings. The van der Waals surface area contributed by atoms with Gasteiger partial charge in [-0.05, 0) is 44.2 Å². The summed E-state index contributed by atoms with van der Waals surface area (Å²) in [7, 11) is 0. The van der Waals surface area contributed by atoms with Crippen LogP contribution in [0, 0.1) is 0 Å². The van der Waals surface area contributed by atoms with Gasteiger partial charge in [0.2, 0.25) is 0 Å². The molecule has 0 aliphatic carbocycles. The second-order valence-corrected chi connectivity index (χ2v) is 5.55. The lowest BCUT2D eigenvalue weighted by Gasteiger charge is -2.06. The van der Waals surface area contributed by atoms with E-state index in [0.717, 1.165) is 41.7 Å². The molecule has 2 aromatic rings. The van der Waals surface area contributed by atoms with Gasteiger partial charge in [0.25, 0.3) is 0 Å². The van der Waals surface area contributed by atoms with E-state index in [1.807, 2.05) is 31.2 Å². The molecule has 0 atom stereocenters. The minimum Gasteiger partial charge on any atom is -0.494 e. The smallest absolute Gasteiger partial charge is 0.131 e. The van der Waals surface area contributed by atoms with Crippen molar-refractivity contribution in [2.24, 2.45) is 0 Å². The zero-order valence-electron chi connectivity index (χ0n) is 12.6. The molecule has 0 saturated heterocycles. The number of nitrogens with one attached hydrogen (secondary N) is 1. The molecule has 2 rings (SSSR count). The van der Waals surface area contributed by atoms with Crippen LogP contribution in [0.25, 0.3) is 0 Å². The van der Waals surface area contributed by atoms with Crippen LogP contribution in [0.5, 0.6) is 11.5 Å². The van der Waals surface area contributed by atoms with E-state index in [9.17, 15) is 0 Å². The molecule has 0 unspecified atom stereocenters. The van der Waals surface area contributed by atoms with E-state index < -0.39 is 0 Å². The monoisotopic (exact) mass is 306 g/mol. The predicted octanol–water partition coefficient (Wildman–Crippen LogP) is 3.62. The highest BCUT2D eigenvalue weighted by atomic mass is 32.1. The topological polar surface area (TPSA) is 43.4 Å². The lowest BCUT2D eigenvalue weighted by Crippen LogP contribution is -2.13. The first-order valence-electron chi connectivity index (χ1n) is 7.31. The Kier molecular flexibility index (Phi) is 6.50. The van der Waals surface area contributed by atoms with Gasteiger partial charge in [-0.25, -0.2) is 4.98 Å². The Hall–Kier alpha value is -1.59. The van der Waals surface area contributed by atoms with Gasteiger partial charge in [-0.1, -0.05) is 6.92 Å². The summed E-state index contributed by atoms with van der Waals surface area (Å²) >= 11 is 1.67. The Morgan fingerprint density at radius 3 is 2.48 bits per heavy atom. The number of hydrogen-bond acceptors (Lipinski definition) is 5. The Morgan fingerprint density at radius 1 is 1.10 bits per heavy atom. The van der Waals surface area contributed by atoms with Crippen LogP contribution in [-0.2, 0) is 13.2 Å². The molecule has 0 aliphatic heterocycles. The molecule has 0 bridgehead atoms. The summed E-state index contributed by atoms with van der Waals surface area (Å²) < 4.78 is 11.1. The van der Waals surface area contributed by atoms with Crippen molar-refractivity contribution in [2.45, 2.75) is 33.4 Å². The molecular formula is C16H22N2O2S. The second-order valence-electron chi connectivity index (χ2n) is 4.60. The van der Waals surface area contributed by atoms with Gasteiger partial charge >= 0.3 is 0 Å². The summed E-state index contributed by atoms with van der Waals surface area (Å²) in [5.41, 5.74) is 0.974. The molecule has 0 saturated carbocycles. The van der Waals surface area contributed by atoms with Gasteiger partial charge in [-0.15, -0.1) is 11.3 Å². The van der Waals surface area contributed by atoms with Crippen LogP contribution in [0.1, 0.15) is 31.0 Å². The molecule has 1 heterocycles. The average molecular weight is 306 g/mol. The molecule has 1 N–H and O–H groups in total. The van der Waals surface area contributed by atoms with E-state index in [1.165, 1.54) is 0 Å². The van der Waals surface area contributed by atoms with Crippen molar-refractivity contribution in [2.75, 3.05) is 13.2 Å². The maximum atomic E-state index is 5.73. The third-order valence-electron chi connectivity index (χ3n) is 2.82. The Labute approximate surface area is 130 Å². The Bertz CT molecular complexity index is 525. The first kappa shape index (κ1) is 15.8. The molecule has 0 radical (unpaired) electrons. The molecule has 21 heavy (non-hydrogen) atoms. The van der Waals surface area contributed by atoms with Crippen LogP contribution in [-0.4, -0.2) is 18.1 Å². The van der Waals surface area contributed by atoms with Crippen molar-refractivity contribution >= 4 is 11.3 Å². The number of benzene rings is 1. The summed E-state index contributed by atoms with van der Waals surface area (Å²) in [6, 6.07) is 7.67. The minimum atomic E-state index is 0.498. The maximum absolute atomic E-state index is 5.73. The third-order valence-corrected chi connectivity index (χ3v) is 3.72. The van der Waals surface area contributed by atoms with Crippen molar-refractivity contribution < 1.29 is 9.47 Å². The third kappa shape index (κ3) is 5.36.